The van der Waals surface area contributed by atoms with Gasteiger partial charge in [0.1, 0.15) is 5.60 Å². The lowest BCUT2D eigenvalue weighted by molar-refractivity contribution is -0.149. The lowest BCUT2D eigenvalue weighted by atomic mass is 10.1. The highest BCUT2D eigenvalue weighted by Gasteiger charge is 2.15. The summed E-state index contributed by atoms with van der Waals surface area (Å²) >= 11 is 0. The van der Waals surface area contributed by atoms with Crippen molar-refractivity contribution in [1.29, 1.82) is 0 Å². The molecular formula is C8H14O2. The minimum absolute atomic E-state index is 0.247. The molecule has 0 atom stereocenters. The Bertz CT molecular complexity index is 145. The van der Waals surface area contributed by atoms with Crippen LogP contribution in [0, 0.1) is 0 Å². The number of rotatable bonds is 2. The number of hydrogen-bond acceptors (Lipinski definition) is 2. The van der Waals surface area contributed by atoms with Crippen LogP contribution < -0.4 is 0 Å². The molecule has 0 aromatic carbocycles. The summed E-state index contributed by atoms with van der Waals surface area (Å²) in [4.78, 5) is 10.5. The molecule has 0 saturated carbocycles. The van der Waals surface area contributed by atoms with Gasteiger partial charge in [-0.3, -0.25) is 4.79 Å². The number of ether oxygens (including phenoxy) is 1. The van der Waals surface area contributed by atoms with E-state index in [1.807, 2.05) is 32.9 Å². The standard InChI is InChI=1S/C8H14O2/c1-5-6-8(3,4)10-7(2)9/h5-6H,1-4H3/b6-5+. The molecule has 2 nitrogen and oxygen atoms in total. The number of allylic oxidation sites excluding steroid dienone is 1. The minimum Gasteiger partial charge on any atom is -0.456 e. The number of esters is 1. The second-order valence-electron chi connectivity index (χ2n) is 2.70. The van der Waals surface area contributed by atoms with Crippen molar-refractivity contribution in [3.05, 3.63) is 12.2 Å². The van der Waals surface area contributed by atoms with E-state index in [0.29, 0.717) is 0 Å². The fourth-order valence-corrected chi connectivity index (χ4v) is 0.806. The van der Waals surface area contributed by atoms with Gasteiger partial charge in [0.25, 0.3) is 0 Å². The van der Waals surface area contributed by atoms with E-state index in [-0.39, 0.29) is 5.97 Å². The quantitative estimate of drug-likeness (QED) is 0.435. The number of carbonyl (C=O) groups is 1. The smallest absolute Gasteiger partial charge is 0.303 e. The third kappa shape index (κ3) is 4.13. The van der Waals surface area contributed by atoms with Gasteiger partial charge in [0.05, 0.1) is 0 Å². The van der Waals surface area contributed by atoms with E-state index in [1.54, 1.807) is 0 Å². The van der Waals surface area contributed by atoms with Crippen LogP contribution in [0.2, 0.25) is 0 Å². The maximum absolute atomic E-state index is 10.5. The molecule has 58 valence electrons. The average Bonchev–Trinajstić information content (AvgIpc) is 1.59. The molecule has 0 aliphatic carbocycles. The highest BCUT2D eigenvalue weighted by atomic mass is 16.6. The first kappa shape index (κ1) is 9.21. The van der Waals surface area contributed by atoms with E-state index in [9.17, 15) is 4.79 Å². The Labute approximate surface area is 61.9 Å². The van der Waals surface area contributed by atoms with Gasteiger partial charge in [0.2, 0.25) is 0 Å². The molecule has 0 radical (unpaired) electrons. The van der Waals surface area contributed by atoms with Crippen LogP contribution >= 0.6 is 0 Å². The van der Waals surface area contributed by atoms with E-state index in [4.69, 9.17) is 4.74 Å². The van der Waals surface area contributed by atoms with Gasteiger partial charge in [-0.2, -0.15) is 0 Å². The van der Waals surface area contributed by atoms with Crippen LogP contribution in [0.5, 0.6) is 0 Å². The van der Waals surface area contributed by atoms with Crippen LogP contribution in [-0.2, 0) is 9.53 Å². The van der Waals surface area contributed by atoms with Crippen LogP contribution in [0.1, 0.15) is 27.7 Å². The molecule has 0 bridgehead atoms. The lowest BCUT2D eigenvalue weighted by Gasteiger charge is -2.19. The van der Waals surface area contributed by atoms with Gasteiger partial charge in [-0.25, -0.2) is 0 Å². The molecule has 0 amide bonds. The Balaban J connectivity index is 3.99. The van der Waals surface area contributed by atoms with E-state index in [1.165, 1.54) is 6.92 Å². The average molecular weight is 142 g/mol. The zero-order valence-electron chi connectivity index (χ0n) is 6.97. The van der Waals surface area contributed by atoms with Crippen molar-refractivity contribution in [2.75, 3.05) is 0 Å². The highest BCUT2D eigenvalue weighted by molar-refractivity contribution is 5.66. The summed E-state index contributed by atoms with van der Waals surface area (Å²) < 4.78 is 4.95. The zero-order chi connectivity index (χ0) is 8.20. The molecule has 0 heterocycles. The van der Waals surface area contributed by atoms with Crippen LogP contribution in [0.15, 0.2) is 12.2 Å². The number of hydrogen-bond donors (Lipinski definition) is 0. The second-order valence-corrected chi connectivity index (χ2v) is 2.70. The Morgan fingerprint density at radius 1 is 1.50 bits per heavy atom. The van der Waals surface area contributed by atoms with Crippen LogP contribution in [0.4, 0.5) is 0 Å². The van der Waals surface area contributed by atoms with Crippen LogP contribution in [-0.4, -0.2) is 11.6 Å². The van der Waals surface area contributed by atoms with Crippen LogP contribution in [0.25, 0.3) is 0 Å². The maximum Gasteiger partial charge on any atom is 0.303 e. The van der Waals surface area contributed by atoms with Gasteiger partial charge >= 0.3 is 5.97 Å². The molecule has 0 aliphatic heterocycles. The highest BCUT2D eigenvalue weighted by Crippen LogP contribution is 2.10. The lowest BCUT2D eigenvalue weighted by Crippen LogP contribution is -2.23. The zero-order valence-corrected chi connectivity index (χ0v) is 6.97. The molecule has 2 heteroatoms. The fraction of sp³-hybridized carbons (Fsp3) is 0.625. The summed E-state index contributed by atoms with van der Waals surface area (Å²) in [7, 11) is 0. The molecule has 0 fully saturated rings. The minimum atomic E-state index is -0.458. The van der Waals surface area contributed by atoms with Crippen molar-refractivity contribution in [1.82, 2.24) is 0 Å². The normalized spacial score (nSPS) is 12.0. The molecule has 0 N–H and O–H groups in total. The summed E-state index contributed by atoms with van der Waals surface area (Å²) in [6, 6.07) is 0. The third-order valence-electron chi connectivity index (χ3n) is 0.975. The van der Waals surface area contributed by atoms with Crippen molar-refractivity contribution < 1.29 is 9.53 Å². The van der Waals surface area contributed by atoms with Crippen molar-refractivity contribution in [2.24, 2.45) is 0 Å². The first-order chi connectivity index (χ1) is 4.48. The summed E-state index contributed by atoms with van der Waals surface area (Å²) in [5.41, 5.74) is -0.458. The molecule has 10 heavy (non-hydrogen) atoms. The SMILES string of the molecule is C/C=C/C(C)(C)OC(C)=O. The Kier molecular flexibility index (Phi) is 3.13. The second kappa shape index (κ2) is 3.40. The molecule has 0 saturated heterocycles. The van der Waals surface area contributed by atoms with Gasteiger partial charge in [-0.15, -0.1) is 0 Å². The number of carbonyl (C=O) groups excluding carboxylic acids is 1. The molecular weight excluding hydrogens is 128 g/mol. The Morgan fingerprint density at radius 3 is 2.30 bits per heavy atom. The molecule has 0 rings (SSSR count). The predicted molar refractivity (Wildman–Crippen MR) is 40.7 cm³/mol. The van der Waals surface area contributed by atoms with Gasteiger partial charge in [-0.05, 0) is 26.8 Å². The summed E-state index contributed by atoms with van der Waals surface area (Å²) in [6.07, 6.45) is 3.71. The first-order valence-corrected chi connectivity index (χ1v) is 3.31. The monoisotopic (exact) mass is 142 g/mol. The molecule has 0 spiro atoms. The van der Waals surface area contributed by atoms with E-state index >= 15 is 0 Å². The molecule has 0 unspecified atom stereocenters. The van der Waals surface area contributed by atoms with Gasteiger partial charge in [0.15, 0.2) is 0 Å². The van der Waals surface area contributed by atoms with Gasteiger partial charge in [-0.1, -0.05) is 6.08 Å². The van der Waals surface area contributed by atoms with Gasteiger partial charge in [0, 0.05) is 6.92 Å². The largest absolute Gasteiger partial charge is 0.456 e. The van der Waals surface area contributed by atoms with Crippen molar-refractivity contribution in [3.63, 3.8) is 0 Å². The van der Waals surface area contributed by atoms with Gasteiger partial charge < -0.3 is 4.74 Å². The molecule has 0 aromatic rings. The summed E-state index contributed by atoms with van der Waals surface area (Å²) in [6.45, 7) is 6.99. The predicted octanol–water partition coefficient (Wildman–Crippen LogP) is 1.90. The topological polar surface area (TPSA) is 26.3 Å². The Morgan fingerprint density at radius 2 is 2.00 bits per heavy atom. The van der Waals surface area contributed by atoms with Crippen molar-refractivity contribution in [3.8, 4) is 0 Å². The third-order valence-corrected chi connectivity index (χ3v) is 0.975. The summed E-state index contributed by atoms with van der Waals surface area (Å²) in [5.74, 6) is -0.247. The summed E-state index contributed by atoms with van der Waals surface area (Å²) in [5, 5.41) is 0. The van der Waals surface area contributed by atoms with E-state index in [0.717, 1.165) is 0 Å². The Hall–Kier alpha value is -0.790. The molecule has 0 aliphatic rings. The van der Waals surface area contributed by atoms with Crippen molar-refractivity contribution >= 4 is 5.97 Å². The molecule has 0 aromatic heterocycles. The van der Waals surface area contributed by atoms with E-state index < -0.39 is 5.60 Å². The van der Waals surface area contributed by atoms with Crippen LogP contribution in [0.3, 0.4) is 0 Å². The van der Waals surface area contributed by atoms with E-state index in [2.05, 4.69) is 0 Å². The fourth-order valence-electron chi connectivity index (χ4n) is 0.806. The maximum atomic E-state index is 10.5. The first-order valence-electron chi connectivity index (χ1n) is 3.31. The van der Waals surface area contributed by atoms with Crippen molar-refractivity contribution in [2.45, 2.75) is 33.3 Å².